The number of benzene rings is 1. The number of nitrogens with zero attached hydrogens (tertiary/aromatic N) is 6. The number of aryl methyl sites for hydroxylation is 1. The monoisotopic (exact) mass is 711 g/mol. The van der Waals surface area contributed by atoms with Crippen molar-refractivity contribution in [1.82, 2.24) is 29.4 Å². The zero-order valence-electron chi connectivity index (χ0n) is 24.0. The van der Waals surface area contributed by atoms with Crippen LogP contribution in [0.3, 0.4) is 0 Å². The van der Waals surface area contributed by atoms with E-state index >= 15 is 0 Å². The van der Waals surface area contributed by atoms with E-state index < -0.39 is 48.7 Å². The quantitative estimate of drug-likeness (QED) is 0.141. The van der Waals surface area contributed by atoms with Gasteiger partial charge in [-0.3, -0.25) is 0 Å². The fourth-order valence-corrected chi connectivity index (χ4v) is 10.2. The zero-order valence-corrected chi connectivity index (χ0v) is 26.9. The molecule has 0 radical (unpaired) electrons. The third kappa shape index (κ3) is 5.96. The predicted molar refractivity (Wildman–Crippen MR) is 164 cm³/mol. The molecule has 0 aliphatic carbocycles. The summed E-state index contributed by atoms with van der Waals surface area (Å²) in [6.45, 7) is 8.38. The van der Waals surface area contributed by atoms with Crippen LogP contribution in [-0.4, -0.2) is 49.8 Å². The van der Waals surface area contributed by atoms with E-state index in [1.807, 2.05) is 6.07 Å². The first-order valence-electron chi connectivity index (χ1n) is 12.9. The van der Waals surface area contributed by atoms with Gasteiger partial charge in [-0.15, -0.1) is 0 Å². The molecule has 0 bridgehead atoms. The van der Waals surface area contributed by atoms with Crippen molar-refractivity contribution in [3.05, 3.63) is 66.4 Å². The van der Waals surface area contributed by atoms with Crippen LogP contribution in [0.2, 0.25) is 0 Å². The summed E-state index contributed by atoms with van der Waals surface area (Å²) < 4.78 is 28.9. The Hall–Kier alpha value is -3.62. The molecule has 15 heteroatoms. The summed E-state index contributed by atoms with van der Waals surface area (Å²) in [6, 6.07) is 5.86. The van der Waals surface area contributed by atoms with Crippen LogP contribution in [0.15, 0.2) is 40.2 Å². The number of carbonyl (C=O) groups excluding carboxylic acids is 1. The second-order valence-corrected chi connectivity index (χ2v) is 15.3. The van der Waals surface area contributed by atoms with E-state index in [0.29, 0.717) is 24.7 Å². The summed E-state index contributed by atoms with van der Waals surface area (Å²) in [5.74, 6) is -0.626. The van der Waals surface area contributed by atoms with Gasteiger partial charge in [0.05, 0.1) is 0 Å². The Kier molecular flexibility index (Phi) is 9.48. The van der Waals surface area contributed by atoms with E-state index in [4.69, 9.17) is 13.1 Å². The molecular weight excluding hydrogens is 680 g/mol. The second-order valence-electron chi connectivity index (χ2n) is 10.0. The molecule has 0 saturated carbocycles. The number of halogens is 2. The van der Waals surface area contributed by atoms with Crippen molar-refractivity contribution in [3.63, 3.8) is 0 Å². The molecule has 0 aliphatic heterocycles. The van der Waals surface area contributed by atoms with Gasteiger partial charge in [-0.2, -0.15) is 0 Å². The van der Waals surface area contributed by atoms with Crippen molar-refractivity contribution in [3.8, 4) is 16.8 Å². The van der Waals surface area contributed by atoms with Gasteiger partial charge in [0.25, 0.3) is 0 Å². The predicted octanol–water partition coefficient (Wildman–Crippen LogP) is 3.70. The first-order chi connectivity index (χ1) is 19.9. The van der Waals surface area contributed by atoms with Gasteiger partial charge >= 0.3 is 253 Å². The number of fused-ring (bicyclic) bond motifs is 1. The molecule has 1 aromatic carbocycles. The van der Waals surface area contributed by atoms with Crippen LogP contribution >= 0.6 is 31.6 Å². The molecule has 224 valence electrons. The molecule has 0 atom stereocenters. The number of hydrogen-bond donors (Lipinski definition) is 1. The fraction of sp³-hybridized carbons (Fsp3) is 0.407. The number of thiophene rings is 1. The normalized spacial score (nSPS) is 12.0. The van der Waals surface area contributed by atoms with Crippen molar-refractivity contribution in [2.75, 3.05) is 13.7 Å². The molecule has 0 unspecified atom stereocenters. The molecule has 1 N–H and O–H groups in total. The average Bonchev–Trinajstić information content (AvgIpc) is 3.58. The summed E-state index contributed by atoms with van der Waals surface area (Å²) in [7, 11) is 1.45. The standard InChI is InChI=1S/C27H31FIN7O5S/c1-16(2)33-25(38)27(4,5)35-22(37)21-17(3)23(36-31-11-12-32-36)42-24(21)34(26(35)39)15-29(41-13-7-10-30)19-14-18(28)8-9-20(19)40-6/h8-9,11-12,14,16H,7,13,15H2,1-6H3,(H,33,38). The molecule has 3 aromatic heterocycles. The van der Waals surface area contributed by atoms with E-state index in [0.717, 1.165) is 15.9 Å². The minimum atomic E-state index is -3.01. The Morgan fingerprint density at radius 2 is 1.95 bits per heavy atom. The van der Waals surface area contributed by atoms with Crippen LogP contribution in [0.1, 0.15) is 39.7 Å². The van der Waals surface area contributed by atoms with Crippen molar-refractivity contribution in [2.24, 2.45) is 0 Å². The van der Waals surface area contributed by atoms with Crippen LogP contribution in [-0.2, 0) is 18.0 Å². The van der Waals surface area contributed by atoms with E-state index in [2.05, 4.69) is 15.5 Å². The number of nitriles is 1. The molecule has 0 aliphatic rings. The van der Waals surface area contributed by atoms with Gasteiger partial charge in [0.2, 0.25) is 0 Å². The summed E-state index contributed by atoms with van der Waals surface area (Å²) in [4.78, 5) is 43.4. The molecule has 4 aromatic rings. The molecule has 0 fully saturated rings. The summed E-state index contributed by atoms with van der Waals surface area (Å²) in [6.07, 6.45) is 3.08. The first-order valence-corrected chi connectivity index (χ1v) is 17.2. The number of methoxy groups -OCH3 is 1. The molecule has 1 amide bonds. The van der Waals surface area contributed by atoms with Crippen molar-refractivity contribution < 1.29 is 17.0 Å². The number of alkyl halides is 1. The van der Waals surface area contributed by atoms with Crippen molar-refractivity contribution in [1.29, 1.82) is 5.26 Å². The van der Waals surface area contributed by atoms with E-state index in [-0.39, 0.29) is 29.0 Å². The van der Waals surface area contributed by atoms with Crippen molar-refractivity contribution in [2.45, 2.75) is 57.2 Å². The fourth-order valence-electron chi connectivity index (χ4n) is 4.23. The Labute approximate surface area is 252 Å². The Balaban J connectivity index is 2.03. The number of rotatable bonds is 11. The van der Waals surface area contributed by atoms with Crippen LogP contribution in [0, 0.1) is 27.6 Å². The van der Waals surface area contributed by atoms with Gasteiger partial charge < -0.3 is 0 Å². The number of ether oxygens (including phenoxy) is 1. The zero-order chi connectivity index (χ0) is 30.8. The van der Waals surface area contributed by atoms with Crippen molar-refractivity contribution >= 4 is 47.7 Å². The van der Waals surface area contributed by atoms with Gasteiger partial charge in [0, 0.05) is 0 Å². The summed E-state index contributed by atoms with van der Waals surface area (Å²) in [5, 5.41) is 21.1. The molecule has 0 saturated heterocycles. The maximum absolute atomic E-state index is 14.5. The second kappa shape index (κ2) is 12.7. The molecular formula is C27H31FIN7O5S. The first kappa shape index (κ1) is 31.3. The third-order valence-electron chi connectivity index (χ3n) is 6.31. The summed E-state index contributed by atoms with van der Waals surface area (Å²) in [5.41, 5.74) is -2.38. The maximum atomic E-state index is 14.5. The van der Waals surface area contributed by atoms with Crippen LogP contribution in [0.25, 0.3) is 15.2 Å². The number of nitrogens with one attached hydrogen (secondary N) is 1. The van der Waals surface area contributed by atoms with Gasteiger partial charge in [-0.05, 0) is 0 Å². The number of amides is 1. The number of carbonyl (C=O) groups is 1. The van der Waals surface area contributed by atoms with Crippen LogP contribution < -0.4 is 21.3 Å². The SMILES string of the molecule is COc1ccc(F)cc1I(Cn1c(=O)n(C(C)(C)C(=O)NC(C)C)c(=O)c2c(C)c(-n3nccn3)sc21)OCCC#N. The Morgan fingerprint density at radius 1 is 1.26 bits per heavy atom. The summed E-state index contributed by atoms with van der Waals surface area (Å²) >= 11 is -1.86. The van der Waals surface area contributed by atoms with E-state index in [1.165, 1.54) is 60.9 Å². The van der Waals surface area contributed by atoms with Gasteiger partial charge in [-0.1, -0.05) is 0 Å². The van der Waals surface area contributed by atoms with Gasteiger partial charge in [-0.25, -0.2) is 0 Å². The molecule has 4 rings (SSSR count). The number of hydrogen-bond acceptors (Lipinski definition) is 9. The van der Waals surface area contributed by atoms with Crippen LogP contribution in [0.4, 0.5) is 4.39 Å². The van der Waals surface area contributed by atoms with Crippen LogP contribution in [0.5, 0.6) is 5.75 Å². The molecule has 42 heavy (non-hydrogen) atoms. The molecule has 0 spiro atoms. The molecule has 3 heterocycles. The minimum absolute atomic E-state index is 0.0292. The van der Waals surface area contributed by atoms with Gasteiger partial charge in [0.1, 0.15) is 0 Å². The number of aromatic nitrogens is 5. The average molecular weight is 712 g/mol. The third-order valence-corrected chi connectivity index (χ3v) is 12.2. The van der Waals surface area contributed by atoms with E-state index in [1.54, 1.807) is 20.8 Å². The van der Waals surface area contributed by atoms with Gasteiger partial charge in [0.15, 0.2) is 0 Å². The Morgan fingerprint density at radius 3 is 2.57 bits per heavy atom. The Bertz CT molecular complexity index is 1770. The van der Waals surface area contributed by atoms with E-state index in [9.17, 15) is 18.8 Å². The topological polar surface area (TPSA) is 146 Å². The molecule has 12 nitrogen and oxygen atoms in total.